The van der Waals surface area contributed by atoms with Crippen LogP contribution in [0.15, 0.2) is 19.9 Å². The van der Waals surface area contributed by atoms with Gasteiger partial charge in [-0.3, -0.25) is 4.55 Å². The normalized spacial score (nSPS) is 10.9. The Hall–Kier alpha value is 0.890. The molecule has 0 aliphatic heterocycles. The Morgan fingerprint density at radius 2 is 1.80 bits per heavy atom. The molecule has 0 atom stereocenters. The van der Waals surface area contributed by atoms with E-state index in [-0.39, 0.29) is 54.7 Å². The van der Waals surface area contributed by atoms with Gasteiger partial charge >= 0.3 is 29.6 Å². The molecule has 1 aromatic rings. The van der Waals surface area contributed by atoms with E-state index in [1.807, 2.05) is 0 Å². The average Bonchev–Trinajstić information content (AvgIpc) is 2.06. The molecular weight excluding hydrogens is 363 g/mol. The van der Waals surface area contributed by atoms with E-state index >= 15 is 0 Å². The molecule has 1 aromatic carbocycles. The first kappa shape index (κ1) is 15.9. The number of halogens is 2. The molecule has 2 N–H and O–H groups in total. The van der Waals surface area contributed by atoms with Gasteiger partial charge in [0.05, 0.1) is 13.8 Å². The molecule has 0 fully saturated rings. The van der Waals surface area contributed by atoms with Gasteiger partial charge in [-0.15, -0.1) is 0 Å². The molecule has 0 amide bonds. The second-order valence-corrected chi connectivity index (χ2v) is 5.66. The van der Waals surface area contributed by atoms with E-state index in [1.54, 1.807) is 0 Å². The number of phenolic OH excluding ortho intramolecular Hbond substituents is 1. The van der Waals surface area contributed by atoms with Crippen molar-refractivity contribution >= 4 is 42.0 Å². The summed E-state index contributed by atoms with van der Waals surface area (Å²) in [4.78, 5) is -0.242. The second kappa shape index (κ2) is 5.48. The largest absolute Gasteiger partial charge is 1.00 e. The number of rotatable bonds is 1. The van der Waals surface area contributed by atoms with E-state index in [0.29, 0.717) is 0 Å². The number of hydrogen-bond donors (Lipinski definition) is 2. The Balaban J connectivity index is 0.00000196. The van der Waals surface area contributed by atoms with Crippen LogP contribution in [0.25, 0.3) is 0 Å². The standard InChI is InChI=1S/C7H6Br2O4S.Na/c1-3-5(14(11,12)13)2-4(8)7(10)6(3)9;/h2,10H,1H3,(H,11,12,13);/q;+1. The summed E-state index contributed by atoms with van der Waals surface area (Å²) in [5, 5.41) is 9.41. The predicted molar refractivity (Wildman–Crippen MR) is 58.1 cm³/mol. The summed E-state index contributed by atoms with van der Waals surface area (Å²) in [5.74, 6) is -0.102. The maximum Gasteiger partial charge on any atom is 1.00 e. The van der Waals surface area contributed by atoms with Crippen LogP contribution in [0, 0.1) is 6.92 Å². The maximum absolute atomic E-state index is 10.9. The van der Waals surface area contributed by atoms with Crippen molar-refractivity contribution in [3.8, 4) is 5.75 Å². The molecule has 15 heavy (non-hydrogen) atoms. The molecule has 0 saturated carbocycles. The topological polar surface area (TPSA) is 74.6 Å². The third-order valence-corrected chi connectivity index (χ3v) is 4.22. The number of aromatic hydroxyl groups is 1. The van der Waals surface area contributed by atoms with Gasteiger partial charge in [0.25, 0.3) is 10.1 Å². The van der Waals surface area contributed by atoms with Crippen molar-refractivity contribution in [2.24, 2.45) is 0 Å². The van der Waals surface area contributed by atoms with E-state index in [4.69, 9.17) is 4.55 Å². The van der Waals surface area contributed by atoms with Crippen molar-refractivity contribution in [3.63, 3.8) is 0 Å². The van der Waals surface area contributed by atoms with Crippen molar-refractivity contribution in [2.45, 2.75) is 11.8 Å². The van der Waals surface area contributed by atoms with E-state index in [1.165, 1.54) is 6.92 Å². The Kier molecular flexibility index (Phi) is 5.81. The van der Waals surface area contributed by atoms with Gasteiger partial charge in [-0.25, -0.2) is 0 Å². The summed E-state index contributed by atoms with van der Waals surface area (Å²) in [6.45, 7) is 1.47. The molecule has 8 heteroatoms. The molecule has 0 heterocycles. The monoisotopic (exact) mass is 367 g/mol. The fraction of sp³-hybridized carbons (Fsp3) is 0.143. The molecule has 1 rings (SSSR count). The summed E-state index contributed by atoms with van der Waals surface area (Å²) in [6, 6.07) is 1.14. The summed E-state index contributed by atoms with van der Waals surface area (Å²) < 4.78 is 31.1. The van der Waals surface area contributed by atoms with Gasteiger partial charge < -0.3 is 5.11 Å². The van der Waals surface area contributed by atoms with Gasteiger partial charge in [-0.1, -0.05) is 0 Å². The molecule has 0 bridgehead atoms. The van der Waals surface area contributed by atoms with E-state index < -0.39 is 10.1 Å². The van der Waals surface area contributed by atoms with Crippen LogP contribution in [0.3, 0.4) is 0 Å². The van der Waals surface area contributed by atoms with Crippen LogP contribution in [0.4, 0.5) is 0 Å². The van der Waals surface area contributed by atoms with Crippen molar-refractivity contribution in [1.29, 1.82) is 0 Å². The first-order valence-electron chi connectivity index (χ1n) is 3.40. The van der Waals surface area contributed by atoms with E-state index in [2.05, 4.69) is 31.9 Å². The Morgan fingerprint density at radius 3 is 2.20 bits per heavy atom. The average molecular weight is 369 g/mol. The van der Waals surface area contributed by atoms with Gasteiger partial charge in [-0.2, -0.15) is 8.42 Å². The third-order valence-electron chi connectivity index (χ3n) is 1.67. The zero-order valence-corrected chi connectivity index (χ0v) is 13.9. The zero-order valence-electron chi connectivity index (χ0n) is 7.95. The first-order chi connectivity index (χ1) is 6.25. The minimum atomic E-state index is -4.27. The smallest absolute Gasteiger partial charge is 0.506 e. The van der Waals surface area contributed by atoms with E-state index in [0.717, 1.165) is 6.07 Å². The summed E-state index contributed by atoms with van der Waals surface area (Å²) >= 11 is 5.99. The Bertz CT molecular complexity index is 486. The number of benzene rings is 1. The van der Waals surface area contributed by atoms with Gasteiger partial charge in [0, 0.05) is 0 Å². The molecular formula is C7H6Br2NaO4S+. The third kappa shape index (κ3) is 3.42. The Morgan fingerprint density at radius 1 is 1.33 bits per heavy atom. The van der Waals surface area contributed by atoms with Crippen LogP contribution in [0.5, 0.6) is 5.75 Å². The minimum absolute atomic E-state index is 0. The van der Waals surface area contributed by atoms with Crippen LogP contribution in [-0.4, -0.2) is 18.1 Å². The molecule has 0 radical (unpaired) electrons. The van der Waals surface area contributed by atoms with Crippen LogP contribution in [0.1, 0.15) is 5.56 Å². The molecule has 0 spiro atoms. The zero-order chi connectivity index (χ0) is 11.1. The number of hydrogen-bond acceptors (Lipinski definition) is 3. The molecule has 0 saturated heterocycles. The fourth-order valence-corrected chi connectivity index (χ4v) is 3.11. The maximum atomic E-state index is 10.9. The van der Waals surface area contributed by atoms with Gasteiger partial charge in [0.2, 0.25) is 0 Å². The summed E-state index contributed by atoms with van der Waals surface area (Å²) in [6.07, 6.45) is 0. The van der Waals surface area contributed by atoms with Crippen molar-refractivity contribution in [2.75, 3.05) is 0 Å². The van der Waals surface area contributed by atoms with Crippen molar-refractivity contribution < 1.29 is 47.6 Å². The van der Waals surface area contributed by atoms with Crippen LogP contribution in [-0.2, 0) is 10.1 Å². The molecule has 78 valence electrons. The fourth-order valence-electron chi connectivity index (χ4n) is 0.950. The summed E-state index contributed by atoms with van der Waals surface area (Å²) in [5.41, 5.74) is 0.258. The summed E-state index contributed by atoms with van der Waals surface area (Å²) in [7, 11) is -4.27. The van der Waals surface area contributed by atoms with Crippen LogP contribution >= 0.6 is 31.9 Å². The van der Waals surface area contributed by atoms with E-state index in [9.17, 15) is 13.5 Å². The minimum Gasteiger partial charge on any atom is -0.506 e. The molecule has 0 aliphatic rings. The second-order valence-electron chi connectivity index (χ2n) is 2.62. The van der Waals surface area contributed by atoms with Gasteiger partial charge in [0.15, 0.2) is 0 Å². The SMILES string of the molecule is Cc1c(S(=O)(=O)O)cc(Br)c(O)c1Br.[Na+]. The van der Waals surface area contributed by atoms with Gasteiger partial charge in [0.1, 0.15) is 5.75 Å². The molecule has 0 aromatic heterocycles. The van der Waals surface area contributed by atoms with Crippen molar-refractivity contribution in [3.05, 3.63) is 20.6 Å². The predicted octanol–water partition coefficient (Wildman–Crippen LogP) is -0.524. The van der Waals surface area contributed by atoms with Crippen molar-refractivity contribution in [1.82, 2.24) is 0 Å². The molecule has 0 unspecified atom stereocenters. The Labute approximate surface area is 126 Å². The van der Waals surface area contributed by atoms with Gasteiger partial charge in [-0.05, 0) is 50.4 Å². The first-order valence-corrected chi connectivity index (χ1v) is 6.43. The van der Waals surface area contributed by atoms with Crippen LogP contribution in [0.2, 0.25) is 0 Å². The molecule has 0 aliphatic carbocycles. The van der Waals surface area contributed by atoms with Crippen LogP contribution < -0.4 is 29.6 Å². The molecule has 4 nitrogen and oxygen atoms in total. The quantitative estimate of drug-likeness (QED) is 0.516. The number of phenols is 1.